The third kappa shape index (κ3) is 3.52. The summed E-state index contributed by atoms with van der Waals surface area (Å²) >= 11 is 0. The third-order valence-corrected chi connectivity index (χ3v) is 4.26. The molecule has 1 aromatic rings. The van der Waals surface area contributed by atoms with E-state index in [9.17, 15) is 14.9 Å². The van der Waals surface area contributed by atoms with Crippen molar-refractivity contribution in [3.8, 4) is 0 Å². The zero-order valence-corrected chi connectivity index (χ0v) is 12.7. The maximum absolute atomic E-state index is 11.4. The highest BCUT2D eigenvalue weighted by atomic mass is 16.6. The number of anilines is 1. The van der Waals surface area contributed by atoms with Crippen LogP contribution in [0.25, 0.3) is 0 Å². The lowest BCUT2D eigenvalue weighted by Crippen LogP contribution is -2.28. The molecule has 0 spiro atoms. The lowest BCUT2D eigenvalue weighted by Gasteiger charge is -2.24. The number of hydrogen-bond acceptors (Lipinski definition) is 5. The van der Waals surface area contributed by atoms with Gasteiger partial charge in [0.1, 0.15) is 5.56 Å². The molecule has 1 aromatic heterocycles. The van der Waals surface area contributed by atoms with E-state index in [4.69, 9.17) is 5.73 Å². The Hall–Kier alpha value is -2.18. The zero-order chi connectivity index (χ0) is 16.1. The minimum absolute atomic E-state index is 0.107. The van der Waals surface area contributed by atoms with Crippen LogP contribution in [0.4, 0.5) is 11.5 Å². The van der Waals surface area contributed by atoms with E-state index in [1.165, 1.54) is 25.1 Å². The van der Waals surface area contributed by atoms with Crippen molar-refractivity contribution in [2.45, 2.75) is 51.5 Å². The average Bonchev–Trinajstić information content (AvgIpc) is 3.00. The van der Waals surface area contributed by atoms with E-state index in [2.05, 4.69) is 17.2 Å². The van der Waals surface area contributed by atoms with E-state index in [1.54, 1.807) is 0 Å². The van der Waals surface area contributed by atoms with Gasteiger partial charge in [0.15, 0.2) is 0 Å². The number of carbonyl (C=O) groups is 1. The van der Waals surface area contributed by atoms with E-state index in [-0.39, 0.29) is 23.1 Å². The van der Waals surface area contributed by atoms with Gasteiger partial charge in [-0.25, -0.2) is 4.98 Å². The van der Waals surface area contributed by atoms with E-state index in [0.717, 1.165) is 25.7 Å². The van der Waals surface area contributed by atoms with Gasteiger partial charge in [0.2, 0.25) is 5.82 Å². The number of hydrogen-bond donors (Lipinski definition) is 2. The van der Waals surface area contributed by atoms with Gasteiger partial charge in [-0.15, -0.1) is 0 Å². The molecule has 1 atom stereocenters. The molecule has 1 unspecified atom stereocenters. The van der Waals surface area contributed by atoms with E-state index < -0.39 is 10.8 Å². The van der Waals surface area contributed by atoms with Crippen LogP contribution in [0.3, 0.4) is 0 Å². The molecule has 1 aliphatic rings. The van der Waals surface area contributed by atoms with Gasteiger partial charge in [-0.2, -0.15) is 0 Å². The van der Waals surface area contributed by atoms with Crippen molar-refractivity contribution in [2.75, 3.05) is 5.32 Å². The average molecular weight is 306 g/mol. The van der Waals surface area contributed by atoms with Crippen LogP contribution in [0.5, 0.6) is 0 Å². The van der Waals surface area contributed by atoms with E-state index in [0.29, 0.717) is 5.92 Å². The highest BCUT2D eigenvalue weighted by Gasteiger charge is 2.29. The molecule has 0 aromatic carbocycles. The van der Waals surface area contributed by atoms with Crippen molar-refractivity contribution in [3.05, 3.63) is 27.9 Å². The molecular weight excluding hydrogens is 284 g/mol. The van der Waals surface area contributed by atoms with Crippen LogP contribution in [0.1, 0.15) is 55.8 Å². The molecular formula is C15H22N4O3. The molecule has 22 heavy (non-hydrogen) atoms. The predicted octanol–water partition coefficient (Wildman–Crippen LogP) is 2.86. The zero-order valence-electron chi connectivity index (χ0n) is 12.7. The smallest absolute Gasteiger partial charge is 0.324 e. The molecule has 2 rings (SSSR count). The Morgan fingerprint density at radius 3 is 2.77 bits per heavy atom. The van der Waals surface area contributed by atoms with Gasteiger partial charge in [0.25, 0.3) is 5.91 Å². The summed E-state index contributed by atoms with van der Waals surface area (Å²) in [6.45, 7) is 2.09. The summed E-state index contributed by atoms with van der Waals surface area (Å²) in [4.78, 5) is 26.2. The topological polar surface area (TPSA) is 111 Å². The highest BCUT2D eigenvalue weighted by Crippen LogP contribution is 2.33. The van der Waals surface area contributed by atoms with Crippen LogP contribution in [-0.4, -0.2) is 21.9 Å². The van der Waals surface area contributed by atoms with Gasteiger partial charge in [0, 0.05) is 12.2 Å². The van der Waals surface area contributed by atoms with Crippen LogP contribution in [0, 0.1) is 16.0 Å². The second-order valence-electron chi connectivity index (χ2n) is 5.76. The Bertz CT molecular complexity index is 556. The minimum atomic E-state index is -0.815. The summed E-state index contributed by atoms with van der Waals surface area (Å²) in [6.07, 6.45) is 7.93. The van der Waals surface area contributed by atoms with Crippen molar-refractivity contribution in [1.82, 2.24) is 4.98 Å². The Morgan fingerprint density at radius 2 is 2.23 bits per heavy atom. The Balaban J connectivity index is 2.31. The Morgan fingerprint density at radius 1 is 1.55 bits per heavy atom. The molecule has 1 amide bonds. The molecule has 0 bridgehead atoms. The summed E-state index contributed by atoms with van der Waals surface area (Å²) in [6, 6.07) is 1.43. The molecule has 0 saturated heterocycles. The quantitative estimate of drug-likeness (QED) is 0.594. The molecule has 1 aliphatic carbocycles. The molecule has 7 nitrogen and oxygen atoms in total. The first kappa shape index (κ1) is 16.2. The first-order valence-corrected chi connectivity index (χ1v) is 7.74. The monoisotopic (exact) mass is 306 g/mol. The number of amides is 1. The van der Waals surface area contributed by atoms with Crippen LogP contribution >= 0.6 is 0 Å². The number of pyridine rings is 1. The maximum atomic E-state index is 11.4. The van der Waals surface area contributed by atoms with Gasteiger partial charge in [-0.1, -0.05) is 26.2 Å². The van der Waals surface area contributed by atoms with Crippen molar-refractivity contribution < 1.29 is 9.72 Å². The van der Waals surface area contributed by atoms with Gasteiger partial charge in [-0.3, -0.25) is 14.9 Å². The Labute approximate surface area is 129 Å². The fourth-order valence-electron chi connectivity index (χ4n) is 3.22. The summed E-state index contributed by atoms with van der Waals surface area (Å²) in [5.41, 5.74) is 4.80. The largest absolute Gasteiger partial charge is 0.365 e. The van der Waals surface area contributed by atoms with Crippen LogP contribution < -0.4 is 11.1 Å². The molecule has 1 saturated carbocycles. The SMILES string of the molecule is CCCC(Nc1nccc(C(N)=O)c1[N+](=O)[O-])C1CCCC1. The van der Waals surface area contributed by atoms with E-state index in [1.807, 2.05) is 0 Å². The molecule has 0 radical (unpaired) electrons. The standard InChI is InChI=1S/C15H22N4O3/c1-2-5-12(10-6-3-4-7-10)18-15-13(19(21)22)11(14(16)20)8-9-17-15/h8-10,12H,2-7H2,1H3,(H2,16,20)(H,17,18). The maximum Gasteiger partial charge on any atom is 0.324 e. The van der Waals surface area contributed by atoms with Gasteiger partial charge in [-0.05, 0) is 31.2 Å². The Kier molecular flexibility index (Phi) is 5.30. The predicted molar refractivity (Wildman–Crippen MR) is 83.7 cm³/mol. The van der Waals surface area contributed by atoms with Crippen molar-refractivity contribution in [2.24, 2.45) is 11.7 Å². The fourth-order valence-corrected chi connectivity index (χ4v) is 3.22. The first-order chi connectivity index (χ1) is 10.5. The normalized spacial score (nSPS) is 16.4. The lowest BCUT2D eigenvalue weighted by molar-refractivity contribution is -0.384. The van der Waals surface area contributed by atoms with Crippen molar-refractivity contribution >= 4 is 17.4 Å². The molecule has 0 aliphatic heterocycles. The second-order valence-corrected chi connectivity index (χ2v) is 5.76. The summed E-state index contributed by atoms with van der Waals surface area (Å²) < 4.78 is 0. The number of nitrogens with one attached hydrogen (secondary N) is 1. The summed E-state index contributed by atoms with van der Waals surface area (Å²) in [5.74, 6) is -0.171. The van der Waals surface area contributed by atoms with Crippen molar-refractivity contribution in [1.29, 1.82) is 0 Å². The number of nitrogens with two attached hydrogens (primary N) is 1. The summed E-state index contributed by atoms with van der Waals surface area (Å²) in [7, 11) is 0. The van der Waals surface area contributed by atoms with E-state index >= 15 is 0 Å². The minimum Gasteiger partial charge on any atom is -0.365 e. The number of carbonyl (C=O) groups excluding carboxylic acids is 1. The van der Waals surface area contributed by atoms with Gasteiger partial charge in [0.05, 0.1) is 4.92 Å². The number of primary amides is 1. The number of nitro groups is 1. The molecule has 7 heteroatoms. The second kappa shape index (κ2) is 7.20. The van der Waals surface area contributed by atoms with Crippen LogP contribution in [0.15, 0.2) is 12.3 Å². The lowest BCUT2D eigenvalue weighted by atomic mass is 9.94. The number of rotatable bonds is 7. The molecule has 1 heterocycles. The first-order valence-electron chi connectivity index (χ1n) is 7.74. The number of nitrogens with zero attached hydrogens (tertiary/aromatic N) is 2. The van der Waals surface area contributed by atoms with Crippen LogP contribution in [-0.2, 0) is 0 Å². The molecule has 3 N–H and O–H groups in total. The van der Waals surface area contributed by atoms with Gasteiger partial charge < -0.3 is 11.1 Å². The van der Waals surface area contributed by atoms with Gasteiger partial charge >= 0.3 is 5.69 Å². The highest BCUT2D eigenvalue weighted by molar-refractivity contribution is 5.98. The fraction of sp³-hybridized carbons (Fsp3) is 0.600. The molecule has 120 valence electrons. The molecule has 1 fully saturated rings. The van der Waals surface area contributed by atoms with Crippen LogP contribution in [0.2, 0.25) is 0 Å². The number of aromatic nitrogens is 1. The van der Waals surface area contributed by atoms with Crippen molar-refractivity contribution in [3.63, 3.8) is 0 Å². The third-order valence-electron chi connectivity index (χ3n) is 4.26. The summed E-state index contributed by atoms with van der Waals surface area (Å²) in [5, 5.41) is 14.5.